The summed E-state index contributed by atoms with van der Waals surface area (Å²) in [6.07, 6.45) is 3.44. The van der Waals surface area contributed by atoms with Gasteiger partial charge in [0.2, 0.25) is 0 Å². The lowest BCUT2D eigenvalue weighted by molar-refractivity contribution is 0.156. The average molecular weight is 255 g/mol. The van der Waals surface area contributed by atoms with E-state index in [2.05, 4.69) is 15.2 Å². The fourth-order valence-electron chi connectivity index (χ4n) is 2.84. The first-order chi connectivity index (χ1) is 8.79. The maximum atomic E-state index is 5.55. The Kier molecular flexibility index (Phi) is 4.83. The van der Waals surface area contributed by atoms with E-state index in [0.717, 1.165) is 51.8 Å². The minimum absolute atomic E-state index is 0.393. The van der Waals surface area contributed by atoms with E-state index in [1.165, 1.54) is 12.8 Å². The van der Waals surface area contributed by atoms with Crippen molar-refractivity contribution in [3.8, 4) is 0 Å². The second kappa shape index (κ2) is 6.38. The van der Waals surface area contributed by atoms with Crippen LogP contribution in [0.15, 0.2) is 4.99 Å². The molecule has 2 saturated heterocycles. The number of nitrogens with one attached hydrogen (secondary N) is 1. The number of rotatable bonds is 4. The molecule has 0 bridgehead atoms. The molecule has 0 aromatic heterocycles. The summed E-state index contributed by atoms with van der Waals surface area (Å²) in [5.74, 6) is 1.02. The van der Waals surface area contributed by atoms with Crippen LogP contribution >= 0.6 is 0 Å². The van der Waals surface area contributed by atoms with Gasteiger partial charge in [-0.2, -0.15) is 0 Å². The fraction of sp³-hybridized carbons (Fsp3) is 0.923. The molecule has 2 heterocycles. The van der Waals surface area contributed by atoms with Crippen LogP contribution < -0.4 is 5.32 Å². The molecule has 2 aliphatic heterocycles. The number of nitrogens with zero attached hydrogens (tertiary/aromatic N) is 2. The van der Waals surface area contributed by atoms with Crippen molar-refractivity contribution >= 4 is 5.96 Å². The van der Waals surface area contributed by atoms with Crippen LogP contribution in [0.2, 0.25) is 0 Å². The van der Waals surface area contributed by atoms with Gasteiger partial charge in [-0.3, -0.25) is 4.99 Å². The van der Waals surface area contributed by atoms with E-state index in [-0.39, 0.29) is 0 Å². The minimum Gasteiger partial charge on any atom is -0.385 e. The van der Waals surface area contributed by atoms with Crippen molar-refractivity contribution in [1.82, 2.24) is 10.2 Å². The summed E-state index contributed by atoms with van der Waals surface area (Å²) >= 11 is 0. The van der Waals surface area contributed by atoms with Gasteiger partial charge in [-0.05, 0) is 19.3 Å². The third kappa shape index (κ3) is 3.14. The van der Waals surface area contributed by atoms with E-state index in [4.69, 9.17) is 9.47 Å². The molecule has 18 heavy (non-hydrogen) atoms. The van der Waals surface area contributed by atoms with Gasteiger partial charge in [0.15, 0.2) is 5.96 Å². The number of hydrogen-bond acceptors (Lipinski definition) is 3. The summed E-state index contributed by atoms with van der Waals surface area (Å²) < 4.78 is 10.6. The zero-order valence-corrected chi connectivity index (χ0v) is 11.6. The van der Waals surface area contributed by atoms with Gasteiger partial charge < -0.3 is 19.7 Å². The molecule has 0 radical (unpaired) electrons. The van der Waals surface area contributed by atoms with Crippen molar-refractivity contribution in [2.24, 2.45) is 10.4 Å². The molecule has 0 aromatic carbocycles. The van der Waals surface area contributed by atoms with Crippen LogP contribution in [-0.2, 0) is 9.47 Å². The first-order valence-corrected chi connectivity index (χ1v) is 6.82. The van der Waals surface area contributed by atoms with Gasteiger partial charge in [-0.25, -0.2) is 0 Å². The molecular weight excluding hydrogens is 230 g/mol. The maximum absolute atomic E-state index is 5.55. The molecule has 0 aliphatic carbocycles. The topological polar surface area (TPSA) is 46.1 Å². The van der Waals surface area contributed by atoms with Gasteiger partial charge in [-0.1, -0.05) is 0 Å². The zero-order chi connectivity index (χ0) is 12.8. The number of guanidine groups is 1. The lowest BCUT2D eigenvalue weighted by Gasteiger charge is -2.24. The fourth-order valence-corrected chi connectivity index (χ4v) is 2.84. The van der Waals surface area contributed by atoms with Crippen LogP contribution in [0.1, 0.15) is 19.3 Å². The highest BCUT2D eigenvalue weighted by Crippen LogP contribution is 2.37. The van der Waals surface area contributed by atoms with Crippen LogP contribution in [0.4, 0.5) is 0 Å². The van der Waals surface area contributed by atoms with E-state index in [9.17, 15) is 0 Å². The Morgan fingerprint density at radius 2 is 2.39 bits per heavy atom. The SMILES string of the molecule is CN=C(NCCCOC)N1CCC2(CCOC2)C1. The molecule has 1 atom stereocenters. The smallest absolute Gasteiger partial charge is 0.193 e. The predicted molar refractivity (Wildman–Crippen MR) is 71.9 cm³/mol. The van der Waals surface area contributed by atoms with Crippen molar-refractivity contribution < 1.29 is 9.47 Å². The van der Waals surface area contributed by atoms with Crippen molar-refractivity contribution in [2.75, 3.05) is 53.6 Å². The molecule has 104 valence electrons. The zero-order valence-electron chi connectivity index (χ0n) is 11.6. The minimum atomic E-state index is 0.393. The molecule has 0 amide bonds. The number of ether oxygens (including phenoxy) is 2. The van der Waals surface area contributed by atoms with Crippen LogP contribution in [-0.4, -0.2) is 64.5 Å². The molecule has 5 heteroatoms. The maximum Gasteiger partial charge on any atom is 0.193 e. The van der Waals surface area contributed by atoms with Gasteiger partial charge in [0, 0.05) is 52.4 Å². The van der Waals surface area contributed by atoms with Gasteiger partial charge in [0.1, 0.15) is 0 Å². The summed E-state index contributed by atoms with van der Waals surface area (Å²) in [6.45, 7) is 5.73. The molecule has 0 aromatic rings. The Balaban J connectivity index is 1.79. The number of likely N-dealkylation sites (tertiary alicyclic amines) is 1. The summed E-state index contributed by atoms with van der Waals surface area (Å²) in [4.78, 5) is 6.73. The van der Waals surface area contributed by atoms with E-state index in [0.29, 0.717) is 5.41 Å². The first-order valence-electron chi connectivity index (χ1n) is 6.82. The summed E-state index contributed by atoms with van der Waals surface area (Å²) in [6, 6.07) is 0. The lowest BCUT2D eigenvalue weighted by atomic mass is 9.87. The van der Waals surface area contributed by atoms with Crippen LogP contribution in [0.25, 0.3) is 0 Å². The van der Waals surface area contributed by atoms with E-state index < -0.39 is 0 Å². The molecule has 2 fully saturated rings. The van der Waals surface area contributed by atoms with Gasteiger partial charge >= 0.3 is 0 Å². The number of methoxy groups -OCH3 is 1. The standard InChI is InChI=1S/C13H25N3O2/c1-14-12(15-6-3-8-17-2)16-7-4-13(10-16)5-9-18-11-13/h3-11H2,1-2H3,(H,14,15). The molecule has 0 saturated carbocycles. The van der Waals surface area contributed by atoms with E-state index in [1.54, 1.807) is 7.11 Å². The monoisotopic (exact) mass is 255 g/mol. The van der Waals surface area contributed by atoms with Crippen molar-refractivity contribution in [1.29, 1.82) is 0 Å². The molecule has 5 nitrogen and oxygen atoms in total. The highest BCUT2D eigenvalue weighted by atomic mass is 16.5. The van der Waals surface area contributed by atoms with Gasteiger partial charge in [-0.15, -0.1) is 0 Å². The second-order valence-electron chi connectivity index (χ2n) is 5.29. The Labute approximate surface area is 110 Å². The Morgan fingerprint density at radius 3 is 3.06 bits per heavy atom. The molecule has 2 rings (SSSR count). The van der Waals surface area contributed by atoms with Crippen LogP contribution in [0.3, 0.4) is 0 Å². The van der Waals surface area contributed by atoms with Crippen LogP contribution in [0.5, 0.6) is 0 Å². The highest BCUT2D eigenvalue weighted by Gasteiger charge is 2.42. The third-order valence-corrected chi connectivity index (χ3v) is 3.94. The first kappa shape index (κ1) is 13.6. The number of aliphatic imine (C=N–C) groups is 1. The second-order valence-corrected chi connectivity index (χ2v) is 5.29. The van der Waals surface area contributed by atoms with Gasteiger partial charge in [0.25, 0.3) is 0 Å². The largest absolute Gasteiger partial charge is 0.385 e. The van der Waals surface area contributed by atoms with Crippen molar-refractivity contribution in [3.63, 3.8) is 0 Å². The normalized spacial score (nSPS) is 28.3. The van der Waals surface area contributed by atoms with Crippen molar-refractivity contribution in [2.45, 2.75) is 19.3 Å². The number of hydrogen-bond donors (Lipinski definition) is 1. The lowest BCUT2D eigenvalue weighted by Crippen LogP contribution is -2.41. The van der Waals surface area contributed by atoms with E-state index >= 15 is 0 Å². The Bertz CT molecular complexity index is 288. The summed E-state index contributed by atoms with van der Waals surface area (Å²) in [7, 11) is 3.59. The molecule has 1 N–H and O–H groups in total. The Hall–Kier alpha value is -0.810. The molecule has 2 aliphatic rings. The average Bonchev–Trinajstić information content (AvgIpc) is 3.01. The Morgan fingerprint density at radius 1 is 1.50 bits per heavy atom. The van der Waals surface area contributed by atoms with Crippen LogP contribution in [0, 0.1) is 5.41 Å². The third-order valence-electron chi connectivity index (χ3n) is 3.94. The predicted octanol–water partition coefficient (Wildman–Crippen LogP) is 0.711. The highest BCUT2D eigenvalue weighted by molar-refractivity contribution is 5.80. The molecule has 1 spiro atoms. The summed E-state index contributed by atoms with van der Waals surface area (Å²) in [5, 5.41) is 3.41. The molecule has 1 unspecified atom stereocenters. The summed E-state index contributed by atoms with van der Waals surface area (Å²) in [5.41, 5.74) is 0.393. The van der Waals surface area contributed by atoms with Gasteiger partial charge in [0.05, 0.1) is 6.61 Å². The van der Waals surface area contributed by atoms with Crippen molar-refractivity contribution in [3.05, 3.63) is 0 Å². The quantitative estimate of drug-likeness (QED) is 0.456. The molecular formula is C13H25N3O2. The van der Waals surface area contributed by atoms with E-state index in [1.807, 2.05) is 7.05 Å².